The Hall–Kier alpha value is -2.12. The Morgan fingerprint density at radius 2 is 2.00 bits per heavy atom. The van der Waals surface area contributed by atoms with E-state index >= 15 is 0 Å². The fourth-order valence-corrected chi connectivity index (χ4v) is 3.17. The summed E-state index contributed by atoms with van der Waals surface area (Å²) in [5.74, 6) is -0.189. The average Bonchev–Trinajstić information content (AvgIpc) is 2.57. The number of rotatable bonds is 6. The number of likely N-dealkylation sites (tertiary alicyclic amines) is 1. The van der Waals surface area contributed by atoms with Crippen LogP contribution in [0.15, 0.2) is 42.5 Å². The minimum Gasteiger partial charge on any atom is -0.337 e. The molecule has 4 heteroatoms. The molecule has 1 saturated heterocycles. The van der Waals surface area contributed by atoms with Gasteiger partial charge >= 0.3 is 0 Å². The van der Waals surface area contributed by atoms with Gasteiger partial charge in [-0.05, 0) is 31.7 Å². The minimum absolute atomic E-state index is 0.0453. The lowest BCUT2D eigenvalue weighted by Gasteiger charge is -2.38. The van der Waals surface area contributed by atoms with E-state index in [2.05, 4.69) is 35.0 Å². The number of nitrogens with one attached hydrogen (secondary N) is 1. The van der Waals surface area contributed by atoms with Gasteiger partial charge in [-0.15, -0.1) is 6.58 Å². The second-order valence-electron chi connectivity index (χ2n) is 7.01. The molecule has 1 N–H and O–H groups in total. The van der Waals surface area contributed by atoms with E-state index in [4.69, 9.17) is 0 Å². The molecular weight excluding hydrogens is 298 g/mol. The SMILES string of the molecule is C=C(C)C[C@H](C)C(=O)NC1(C#N)CCN(Cc2ccccc2)CC1. The molecule has 1 atom stereocenters. The summed E-state index contributed by atoms with van der Waals surface area (Å²) in [6.07, 6.45) is 2.00. The Morgan fingerprint density at radius 3 is 2.54 bits per heavy atom. The zero-order valence-electron chi connectivity index (χ0n) is 14.7. The monoisotopic (exact) mass is 325 g/mol. The maximum atomic E-state index is 12.4. The van der Waals surface area contributed by atoms with E-state index in [-0.39, 0.29) is 11.8 Å². The van der Waals surface area contributed by atoms with E-state index in [9.17, 15) is 10.1 Å². The summed E-state index contributed by atoms with van der Waals surface area (Å²) in [7, 11) is 0. The topological polar surface area (TPSA) is 56.1 Å². The molecule has 1 amide bonds. The standard InChI is InChI=1S/C20H27N3O/c1-16(2)13-17(3)19(24)22-20(15-21)9-11-23(12-10-20)14-18-7-5-4-6-8-18/h4-8,17H,1,9-14H2,2-3H3,(H,22,24)/t17-/m0/s1. The van der Waals surface area contributed by atoms with Gasteiger partial charge in [0.05, 0.1) is 6.07 Å². The lowest BCUT2D eigenvalue weighted by molar-refractivity contribution is -0.126. The van der Waals surface area contributed by atoms with Crippen molar-refractivity contribution in [3.8, 4) is 6.07 Å². The van der Waals surface area contributed by atoms with E-state index in [1.807, 2.05) is 32.0 Å². The highest BCUT2D eigenvalue weighted by Crippen LogP contribution is 2.24. The van der Waals surface area contributed by atoms with Gasteiger partial charge in [0.2, 0.25) is 5.91 Å². The number of carbonyl (C=O) groups is 1. The summed E-state index contributed by atoms with van der Waals surface area (Å²) < 4.78 is 0. The molecule has 0 radical (unpaired) electrons. The zero-order valence-corrected chi connectivity index (χ0v) is 14.7. The molecule has 1 aromatic rings. The summed E-state index contributed by atoms with van der Waals surface area (Å²) in [5.41, 5.74) is 1.54. The Morgan fingerprint density at radius 1 is 1.38 bits per heavy atom. The van der Waals surface area contributed by atoms with Gasteiger partial charge in [0.1, 0.15) is 5.54 Å². The smallest absolute Gasteiger partial charge is 0.224 e. The maximum absolute atomic E-state index is 12.4. The van der Waals surface area contributed by atoms with Gasteiger partial charge in [-0.3, -0.25) is 9.69 Å². The van der Waals surface area contributed by atoms with E-state index in [0.717, 1.165) is 25.2 Å². The fourth-order valence-electron chi connectivity index (χ4n) is 3.17. The third-order valence-electron chi connectivity index (χ3n) is 4.64. The number of piperidine rings is 1. The van der Waals surface area contributed by atoms with Gasteiger partial charge in [-0.25, -0.2) is 0 Å². The largest absolute Gasteiger partial charge is 0.337 e. The number of hydrogen-bond donors (Lipinski definition) is 1. The first-order chi connectivity index (χ1) is 11.4. The molecule has 0 aliphatic carbocycles. The second kappa shape index (κ2) is 8.12. The van der Waals surface area contributed by atoms with Crippen molar-refractivity contribution in [3.63, 3.8) is 0 Å². The van der Waals surface area contributed by atoms with Crippen LogP contribution in [0.3, 0.4) is 0 Å². The molecule has 1 aromatic carbocycles. The third-order valence-corrected chi connectivity index (χ3v) is 4.64. The molecule has 0 bridgehead atoms. The van der Waals surface area contributed by atoms with Gasteiger partial charge < -0.3 is 5.32 Å². The van der Waals surface area contributed by atoms with Crippen molar-refractivity contribution in [3.05, 3.63) is 48.0 Å². The molecule has 1 fully saturated rings. The predicted octanol–water partition coefficient (Wildman–Crippen LogP) is 3.26. The van der Waals surface area contributed by atoms with Crippen LogP contribution in [-0.4, -0.2) is 29.4 Å². The lowest BCUT2D eigenvalue weighted by Crippen LogP contribution is -2.55. The molecular formula is C20H27N3O. The number of amides is 1. The van der Waals surface area contributed by atoms with Crippen LogP contribution >= 0.6 is 0 Å². The molecule has 0 aromatic heterocycles. The summed E-state index contributed by atoms with van der Waals surface area (Å²) in [4.78, 5) is 14.7. The molecule has 0 spiro atoms. The van der Waals surface area contributed by atoms with Crippen LogP contribution in [-0.2, 0) is 11.3 Å². The molecule has 1 heterocycles. The molecule has 24 heavy (non-hydrogen) atoms. The van der Waals surface area contributed by atoms with Crippen molar-refractivity contribution in [2.24, 2.45) is 5.92 Å². The predicted molar refractivity (Wildman–Crippen MR) is 96.0 cm³/mol. The number of carbonyl (C=O) groups excluding carboxylic acids is 1. The van der Waals surface area contributed by atoms with Crippen molar-refractivity contribution in [2.75, 3.05) is 13.1 Å². The lowest BCUT2D eigenvalue weighted by atomic mass is 9.87. The first-order valence-corrected chi connectivity index (χ1v) is 8.58. The highest BCUT2D eigenvalue weighted by Gasteiger charge is 2.36. The highest BCUT2D eigenvalue weighted by atomic mass is 16.2. The van der Waals surface area contributed by atoms with Crippen LogP contribution < -0.4 is 5.32 Å². The zero-order chi connectivity index (χ0) is 17.6. The van der Waals surface area contributed by atoms with Crippen molar-refractivity contribution in [1.29, 1.82) is 5.26 Å². The van der Waals surface area contributed by atoms with Crippen LogP contribution in [0.1, 0.15) is 38.7 Å². The van der Waals surface area contributed by atoms with E-state index in [0.29, 0.717) is 19.3 Å². The second-order valence-corrected chi connectivity index (χ2v) is 7.01. The summed E-state index contributed by atoms with van der Waals surface area (Å²) >= 11 is 0. The van der Waals surface area contributed by atoms with Crippen LogP contribution in [0.25, 0.3) is 0 Å². The number of hydrogen-bond acceptors (Lipinski definition) is 3. The first kappa shape index (κ1) is 18.2. The number of allylic oxidation sites excluding steroid dienone is 1. The third kappa shape index (κ3) is 4.94. The molecule has 1 aliphatic heterocycles. The minimum atomic E-state index is -0.729. The Kier molecular flexibility index (Phi) is 6.16. The van der Waals surface area contributed by atoms with Crippen molar-refractivity contribution < 1.29 is 4.79 Å². The maximum Gasteiger partial charge on any atom is 0.224 e. The molecule has 0 saturated carbocycles. The van der Waals surface area contributed by atoms with Crippen LogP contribution in [0, 0.1) is 17.2 Å². The van der Waals surface area contributed by atoms with E-state index in [1.165, 1.54) is 5.56 Å². The molecule has 0 unspecified atom stereocenters. The van der Waals surface area contributed by atoms with Gasteiger partial charge in [-0.1, -0.05) is 42.8 Å². The van der Waals surface area contributed by atoms with Crippen molar-refractivity contribution in [2.45, 2.75) is 45.2 Å². The first-order valence-electron chi connectivity index (χ1n) is 8.58. The normalized spacial score (nSPS) is 18.4. The molecule has 4 nitrogen and oxygen atoms in total. The van der Waals surface area contributed by atoms with Crippen molar-refractivity contribution in [1.82, 2.24) is 10.2 Å². The van der Waals surface area contributed by atoms with Crippen LogP contribution in [0.2, 0.25) is 0 Å². The Bertz CT molecular complexity index is 610. The van der Waals surface area contributed by atoms with Gasteiger partial charge in [0.25, 0.3) is 0 Å². The van der Waals surface area contributed by atoms with Gasteiger partial charge in [0, 0.05) is 25.6 Å². The molecule has 1 aliphatic rings. The van der Waals surface area contributed by atoms with Gasteiger partial charge in [-0.2, -0.15) is 5.26 Å². The summed E-state index contributed by atoms with van der Waals surface area (Å²) in [5, 5.41) is 12.6. The summed E-state index contributed by atoms with van der Waals surface area (Å²) in [6, 6.07) is 12.7. The molecule has 128 valence electrons. The van der Waals surface area contributed by atoms with E-state index in [1.54, 1.807) is 0 Å². The Balaban J connectivity index is 1.90. The van der Waals surface area contributed by atoms with E-state index < -0.39 is 5.54 Å². The number of benzene rings is 1. The average molecular weight is 325 g/mol. The Labute approximate surface area is 145 Å². The number of nitriles is 1. The molecule has 2 rings (SSSR count). The van der Waals surface area contributed by atoms with Gasteiger partial charge in [0.15, 0.2) is 0 Å². The fraction of sp³-hybridized carbons (Fsp3) is 0.500. The van der Waals surface area contributed by atoms with Crippen LogP contribution in [0.5, 0.6) is 0 Å². The van der Waals surface area contributed by atoms with Crippen LogP contribution in [0.4, 0.5) is 0 Å². The van der Waals surface area contributed by atoms with Crippen molar-refractivity contribution >= 4 is 5.91 Å². The summed E-state index contributed by atoms with van der Waals surface area (Å²) in [6.45, 7) is 10.2. The number of nitrogens with zero attached hydrogens (tertiary/aromatic N) is 2. The quantitative estimate of drug-likeness (QED) is 0.817. The highest BCUT2D eigenvalue weighted by molar-refractivity contribution is 5.79.